The first-order valence-corrected chi connectivity index (χ1v) is 5.72. The molecule has 0 saturated heterocycles. The Balaban J connectivity index is 3.31. The SMILES string of the molecule is CCC(C)(CN)NC(=O)c1c(F)c(F)c(F)c(F)c1F. The molecule has 0 radical (unpaired) electrons. The summed E-state index contributed by atoms with van der Waals surface area (Å²) in [5.74, 6) is -12.4. The fourth-order valence-electron chi connectivity index (χ4n) is 1.42. The second kappa shape index (κ2) is 5.74. The number of nitrogens with one attached hydrogen (secondary N) is 1. The van der Waals surface area contributed by atoms with Gasteiger partial charge in [-0.2, -0.15) is 0 Å². The summed E-state index contributed by atoms with van der Waals surface area (Å²) in [6, 6.07) is 0. The maximum absolute atomic E-state index is 13.4. The van der Waals surface area contributed by atoms with Crippen molar-refractivity contribution in [3.63, 3.8) is 0 Å². The highest BCUT2D eigenvalue weighted by atomic mass is 19.2. The zero-order chi connectivity index (χ0) is 15.7. The highest BCUT2D eigenvalue weighted by molar-refractivity contribution is 5.95. The second-order valence-corrected chi connectivity index (χ2v) is 4.52. The molecule has 20 heavy (non-hydrogen) atoms. The van der Waals surface area contributed by atoms with Crippen molar-refractivity contribution >= 4 is 5.91 Å². The second-order valence-electron chi connectivity index (χ2n) is 4.52. The van der Waals surface area contributed by atoms with Crippen molar-refractivity contribution in [3.05, 3.63) is 34.6 Å². The Morgan fingerprint density at radius 1 is 1.05 bits per heavy atom. The maximum Gasteiger partial charge on any atom is 0.257 e. The van der Waals surface area contributed by atoms with Gasteiger partial charge in [0.25, 0.3) is 5.91 Å². The summed E-state index contributed by atoms with van der Waals surface area (Å²) in [5.41, 5.74) is 2.86. The van der Waals surface area contributed by atoms with Crippen LogP contribution in [0.1, 0.15) is 30.6 Å². The van der Waals surface area contributed by atoms with Crippen molar-refractivity contribution in [2.45, 2.75) is 25.8 Å². The minimum absolute atomic E-state index is 0.0648. The van der Waals surface area contributed by atoms with Crippen LogP contribution >= 0.6 is 0 Å². The lowest BCUT2D eigenvalue weighted by molar-refractivity contribution is 0.0894. The third-order valence-corrected chi connectivity index (χ3v) is 3.08. The third-order valence-electron chi connectivity index (χ3n) is 3.08. The zero-order valence-corrected chi connectivity index (χ0v) is 10.8. The molecular formula is C12H13F5N2O. The minimum Gasteiger partial charge on any atom is -0.345 e. The molecule has 3 nitrogen and oxygen atoms in total. The van der Waals surface area contributed by atoms with Crippen LogP contribution in [0.2, 0.25) is 0 Å². The van der Waals surface area contributed by atoms with E-state index in [1.165, 1.54) is 6.92 Å². The molecule has 8 heteroatoms. The van der Waals surface area contributed by atoms with E-state index >= 15 is 0 Å². The molecule has 0 heterocycles. The Morgan fingerprint density at radius 2 is 1.45 bits per heavy atom. The molecule has 1 atom stereocenters. The summed E-state index contributed by atoms with van der Waals surface area (Å²) in [6.45, 7) is 3.06. The quantitative estimate of drug-likeness (QED) is 0.508. The molecule has 0 bridgehead atoms. The smallest absolute Gasteiger partial charge is 0.257 e. The average Bonchev–Trinajstić information content (AvgIpc) is 2.43. The fourth-order valence-corrected chi connectivity index (χ4v) is 1.42. The van der Waals surface area contributed by atoms with Crippen LogP contribution in [0.3, 0.4) is 0 Å². The van der Waals surface area contributed by atoms with Crippen molar-refractivity contribution in [1.82, 2.24) is 5.32 Å². The highest BCUT2D eigenvalue weighted by Crippen LogP contribution is 2.23. The highest BCUT2D eigenvalue weighted by Gasteiger charge is 2.32. The lowest BCUT2D eigenvalue weighted by Gasteiger charge is -2.28. The number of rotatable bonds is 4. The standard InChI is InChI=1S/C12H13F5N2O/c1-3-12(2,4-18)19-11(20)5-6(13)8(15)10(17)9(16)7(5)14/h3-4,18H2,1-2H3,(H,19,20). The monoisotopic (exact) mass is 296 g/mol. The Morgan fingerprint density at radius 3 is 1.80 bits per heavy atom. The number of benzene rings is 1. The molecule has 3 N–H and O–H groups in total. The third kappa shape index (κ3) is 2.74. The van der Waals surface area contributed by atoms with Gasteiger partial charge in [0.2, 0.25) is 5.82 Å². The van der Waals surface area contributed by atoms with Gasteiger partial charge in [-0.15, -0.1) is 0 Å². The molecule has 0 saturated carbocycles. The van der Waals surface area contributed by atoms with Crippen LogP contribution in [0.15, 0.2) is 0 Å². The lowest BCUT2D eigenvalue weighted by atomic mass is 9.98. The van der Waals surface area contributed by atoms with E-state index in [1.54, 1.807) is 6.92 Å². The lowest BCUT2D eigenvalue weighted by Crippen LogP contribution is -2.51. The first-order valence-electron chi connectivity index (χ1n) is 5.72. The van der Waals surface area contributed by atoms with Gasteiger partial charge in [-0.05, 0) is 13.3 Å². The molecule has 1 rings (SSSR count). The molecule has 1 aromatic rings. The van der Waals surface area contributed by atoms with Gasteiger partial charge in [-0.1, -0.05) is 6.92 Å². The Labute approximate surface area is 112 Å². The predicted molar refractivity (Wildman–Crippen MR) is 61.4 cm³/mol. The number of halogens is 5. The van der Waals surface area contributed by atoms with Crippen molar-refractivity contribution in [1.29, 1.82) is 0 Å². The van der Waals surface area contributed by atoms with Gasteiger partial charge in [0.05, 0.1) is 0 Å². The van der Waals surface area contributed by atoms with E-state index in [-0.39, 0.29) is 6.54 Å². The van der Waals surface area contributed by atoms with Gasteiger partial charge in [-0.25, -0.2) is 22.0 Å². The van der Waals surface area contributed by atoms with Crippen molar-refractivity contribution in [3.8, 4) is 0 Å². The summed E-state index contributed by atoms with van der Waals surface area (Å²) >= 11 is 0. The van der Waals surface area contributed by atoms with E-state index in [0.29, 0.717) is 6.42 Å². The van der Waals surface area contributed by atoms with Crippen LogP contribution in [0.4, 0.5) is 22.0 Å². The number of amides is 1. The van der Waals surface area contributed by atoms with Gasteiger partial charge in [-0.3, -0.25) is 4.79 Å². The Bertz CT molecular complexity index is 514. The maximum atomic E-state index is 13.4. The van der Waals surface area contributed by atoms with Crippen molar-refractivity contribution in [2.24, 2.45) is 5.73 Å². The largest absolute Gasteiger partial charge is 0.345 e. The van der Waals surface area contributed by atoms with E-state index in [2.05, 4.69) is 5.32 Å². The van der Waals surface area contributed by atoms with Gasteiger partial charge >= 0.3 is 0 Å². The molecular weight excluding hydrogens is 283 g/mol. The molecule has 1 amide bonds. The summed E-state index contributed by atoms with van der Waals surface area (Å²) < 4.78 is 65.7. The van der Waals surface area contributed by atoms with E-state index in [4.69, 9.17) is 5.73 Å². The molecule has 0 aromatic heterocycles. The van der Waals surface area contributed by atoms with Crippen molar-refractivity contribution < 1.29 is 26.7 Å². The van der Waals surface area contributed by atoms with Crippen LogP contribution in [0.5, 0.6) is 0 Å². The summed E-state index contributed by atoms with van der Waals surface area (Å²) in [7, 11) is 0. The van der Waals surface area contributed by atoms with E-state index in [9.17, 15) is 26.7 Å². The summed E-state index contributed by atoms with van der Waals surface area (Å²) in [6.07, 6.45) is 0.310. The van der Waals surface area contributed by atoms with E-state index < -0.39 is 46.1 Å². The van der Waals surface area contributed by atoms with Crippen molar-refractivity contribution in [2.75, 3.05) is 6.54 Å². The van der Waals surface area contributed by atoms with Gasteiger partial charge < -0.3 is 11.1 Å². The van der Waals surface area contributed by atoms with Crippen LogP contribution in [-0.2, 0) is 0 Å². The minimum atomic E-state index is -2.31. The van der Waals surface area contributed by atoms with Crippen LogP contribution in [-0.4, -0.2) is 18.0 Å². The summed E-state index contributed by atoms with van der Waals surface area (Å²) in [4.78, 5) is 11.7. The molecule has 1 aromatic carbocycles. The number of hydrogen-bond acceptors (Lipinski definition) is 2. The van der Waals surface area contributed by atoms with Gasteiger partial charge in [0, 0.05) is 12.1 Å². The first kappa shape index (κ1) is 16.4. The number of hydrogen-bond donors (Lipinski definition) is 2. The number of nitrogens with two attached hydrogens (primary N) is 1. The molecule has 0 spiro atoms. The molecule has 0 fully saturated rings. The van der Waals surface area contributed by atoms with Crippen LogP contribution in [0, 0.1) is 29.1 Å². The molecule has 1 unspecified atom stereocenters. The van der Waals surface area contributed by atoms with Gasteiger partial charge in [0.1, 0.15) is 5.56 Å². The molecule has 0 aliphatic carbocycles. The number of carbonyl (C=O) groups is 1. The first-order chi connectivity index (χ1) is 9.18. The average molecular weight is 296 g/mol. The predicted octanol–water partition coefficient (Wildman–Crippen LogP) is 2.24. The Kier molecular flexibility index (Phi) is 4.69. The van der Waals surface area contributed by atoms with Crippen LogP contribution in [0.25, 0.3) is 0 Å². The molecule has 0 aliphatic heterocycles. The summed E-state index contributed by atoms with van der Waals surface area (Å²) in [5, 5.41) is 2.16. The molecule has 0 aliphatic rings. The Hall–Kier alpha value is -1.70. The normalized spacial score (nSPS) is 14.0. The van der Waals surface area contributed by atoms with Gasteiger partial charge in [0.15, 0.2) is 23.3 Å². The number of carbonyl (C=O) groups excluding carboxylic acids is 1. The molecule has 112 valence electrons. The fraction of sp³-hybridized carbons (Fsp3) is 0.417. The van der Waals surface area contributed by atoms with Crippen LogP contribution < -0.4 is 11.1 Å². The topological polar surface area (TPSA) is 55.1 Å². The van der Waals surface area contributed by atoms with E-state index in [1.807, 2.05) is 0 Å². The zero-order valence-electron chi connectivity index (χ0n) is 10.8. The van der Waals surface area contributed by atoms with E-state index in [0.717, 1.165) is 0 Å².